The summed E-state index contributed by atoms with van der Waals surface area (Å²) >= 11 is 0. The Balaban J connectivity index is 1.42. The van der Waals surface area contributed by atoms with Gasteiger partial charge in [0.1, 0.15) is 11.5 Å². The summed E-state index contributed by atoms with van der Waals surface area (Å²) in [5.74, 6) is 0.641. The number of benzene rings is 3. The van der Waals surface area contributed by atoms with Crippen molar-refractivity contribution in [2.24, 2.45) is 0 Å². The van der Waals surface area contributed by atoms with Gasteiger partial charge in [-0.2, -0.15) is 13.2 Å². The number of carbonyl (C=O) groups is 2. The maximum absolute atomic E-state index is 13.3. The Morgan fingerprint density at radius 2 is 1.74 bits per heavy atom. The minimum Gasteiger partial charge on any atom is -0.457 e. The summed E-state index contributed by atoms with van der Waals surface area (Å²) in [6.07, 6.45) is 2.76. The molecule has 4 rings (SSSR count). The number of amides is 3. The van der Waals surface area contributed by atoms with Gasteiger partial charge in [0.15, 0.2) is 0 Å². The summed E-state index contributed by atoms with van der Waals surface area (Å²) in [6.45, 7) is 2.00. The van der Waals surface area contributed by atoms with Crippen molar-refractivity contribution in [2.75, 3.05) is 12.4 Å². The van der Waals surface area contributed by atoms with Crippen LogP contribution in [0.1, 0.15) is 38.5 Å². The Morgan fingerprint density at radius 1 is 0.974 bits per heavy atom. The largest absolute Gasteiger partial charge is 0.457 e. The van der Waals surface area contributed by atoms with Gasteiger partial charge in [-0.25, -0.2) is 4.79 Å². The fourth-order valence-electron chi connectivity index (χ4n) is 4.03. The number of nitrogens with one attached hydrogen (secondary N) is 3. The van der Waals surface area contributed by atoms with E-state index in [9.17, 15) is 22.8 Å². The molecule has 38 heavy (non-hydrogen) atoms. The van der Waals surface area contributed by atoms with Gasteiger partial charge in [-0.05, 0) is 60.0 Å². The number of aryl methyl sites for hydroxylation is 1. The number of anilines is 1. The molecule has 0 atom stereocenters. The molecule has 3 N–H and O–H groups in total. The number of allylic oxidation sites excluding steroid dienone is 4. The fraction of sp³-hybridized carbons (Fsp3) is 0.172. The molecular formula is C29H26F3N3O3. The van der Waals surface area contributed by atoms with E-state index in [1.165, 1.54) is 6.07 Å². The third-order valence-electron chi connectivity index (χ3n) is 5.98. The first kappa shape index (κ1) is 26.5. The molecule has 0 saturated heterocycles. The quantitative estimate of drug-likeness (QED) is 0.324. The van der Waals surface area contributed by atoms with Gasteiger partial charge in [0.25, 0.3) is 5.91 Å². The maximum atomic E-state index is 13.3. The molecule has 0 aromatic heterocycles. The van der Waals surface area contributed by atoms with E-state index >= 15 is 0 Å². The first-order valence-corrected chi connectivity index (χ1v) is 11.8. The number of halogens is 3. The monoisotopic (exact) mass is 521 g/mol. The van der Waals surface area contributed by atoms with Crippen molar-refractivity contribution in [3.8, 4) is 11.5 Å². The Bertz CT molecular complexity index is 1400. The van der Waals surface area contributed by atoms with Crippen LogP contribution in [0.2, 0.25) is 0 Å². The number of hydrogen-bond acceptors (Lipinski definition) is 3. The summed E-state index contributed by atoms with van der Waals surface area (Å²) in [5, 5.41) is 7.83. The fourth-order valence-corrected chi connectivity index (χ4v) is 4.03. The van der Waals surface area contributed by atoms with Crippen molar-refractivity contribution in [2.45, 2.75) is 25.6 Å². The minimum atomic E-state index is -4.53. The number of carbonyl (C=O) groups excluding carboxylic acids is 2. The van der Waals surface area contributed by atoms with Crippen molar-refractivity contribution in [1.82, 2.24) is 10.6 Å². The second kappa shape index (κ2) is 11.2. The first-order chi connectivity index (χ1) is 18.1. The Hall–Kier alpha value is -4.53. The van der Waals surface area contributed by atoms with Gasteiger partial charge in [-0.3, -0.25) is 4.79 Å². The minimum absolute atomic E-state index is 0.0949. The number of alkyl halides is 3. The molecule has 0 unspecified atom stereocenters. The molecule has 196 valence electrons. The van der Waals surface area contributed by atoms with Crippen LogP contribution in [0.15, 0.2) is 85.0 Å². The Morgan fingerprint density at radius 3 is 2.42 bits per heavy atom. The van der Waals surface area contributed by atoms with E-state index in [-0.39, 0.29) is 24.1 Å². The van der Waals surface area contributed by atoms with Crippen molar-refractivity contribution >= 4 is 17.6 Å². The van der Waals surface area contributed by atoms with Crippen LogP contribution >= 0.6 is 0 Å². The highest BCUT2D eigenvalue weighted by atomic mass is 19.4. The summed E-state index contributed by atoms with van der Waals surface area (Å²) < 4.78 is 45.8. The van der Waals surface area contributed by atoms with E-state index in [1.54, 1.807) is 55.6 Å². The summed E-state index contributed by atoms with van der Waals surface area (Å²) in [5.41, 5.74) is 1.87. The van der Waals surface area contributed by atoms with E-state index in [1.807, 2.05) is 25.1 Å². The van der Waals surface area contributed by atoms with Crippen LogP contribution in [0.25, 0.3) is 0 Å². The lowest BCUT2D eigenvalue weighted by Gasteiger charge is -2.17. The highest BCUT2D eigenvalue weighted by molar-refractivity contribution is 5.94. The molecule has 6 nitrogen and oxygen atoms in total. The predicted molar refractivity (Wildman–Crippen MR) is 139 cm³/mol. The van der Waals surface area contributed by atoms with Crippen LogP contribution in [0, 0.1) is 6.92 Å². The molecule has 1 aliphatic rings. The second-order valence-corrected chi connectivity index (χ2v) is 8.71. The van der Waals surface area contributed by atoms with Gasteiger partial charge < -0.3 is 20.7 Å². The average molecular weight is 522 g/mol. The third kappa shape index (κ3) is 6.42. The smallest absolute Gasteiger partial charge is 0.416 e. The highest BCUT2D eigenvalue weighted by Crippen LogP contribution is 2.36. The van der Waals surface area contributed by atoms with Gasteiger partial charge >= 0.3 is 12.2 Å². The van der Waals surface area contributed by atoms with Crippen LogP contribution in [0.4, 0.5) is 23.7 Å². The Kier molecular flexibility index (Phi) is 7.85. The molecule has 0 saturated carbocycles. The summed E-state index contributed by atoms with van der Waals surface area (Å²) in [6, 6.07) is 14.9. The molecule has 0 bridgehead atoms. The van der Waals surface area contributed by atoms with Crippen molar-refractivity contribution in [1.29, 1.82) is 0 Å². The number of urea groups is 1. The number of hydrogen-bond donors (Lipinski definition) is 3. The number of ether oxygens (including phenoxy) is 1. The van der Waals surface area contributed by atoms with Gasteiger partial charge in [0.05, 0.1) is 5.56 Å². The lowest BCUT2D eigenvalue weighted by atomic mass is 9.97. The first-order valence-electron chi connectivity index (χ1n) is 11.8. The van der Waals surface area contributed by atoms with Crippen LogP contribution < -0.4 is 20.7 Å². The molecule has 3 amide bonds. The third-order valence-corrected chi connectivity index (χ3v) is 5.98. The van der Waals surface area contributed by atoms with Gasteiger partial charge in [0, 0.05) is 30.8 Å². The van der Waals surface area contributed by atoms with E-state index in [0.29, 0.717) is 22.6 Å². The van der Waals surface area contributed by atoms with Gasteiger partial charge in [-0.1, -0.05) is 48.6 Å². The zero-order valence-corrected chi connectivity index (χ0v) is 20.7. The zero-order chi connectivity index (χ0) is 27.3. The highest BCUT2D eigenvalue weighted by Gasteiger charge is 2.31. The lowest BCUT2D eigenvalue weighted by molar-refractivity contribution is -0.137. The van der Waals surface area contributed by atoms with Crippen molar-refractivity contribution in [3.63, 3.8) is 0 Å². The van der Waals surface area contributed by atoms with Crippen LogP contribution in [0.3, 0.4) is 0 Å². The Labute approximate surface area is 218 Å². The van der Waals surface area contributed by atoms with E-state index < -0.39 is 17.8 Å². The molecule has 0 fully saturated rings. The standard InChI is InChI=1S/C29H26F3N3O3/c1-18-14-19(10-13-26(18)38-23-9-5-8-21(15-23)27(36)33-2)17-34-28(37)35-25-16-22(29(30,31)32)11-12-24(25)20-6-3-4-7-20/h3-16,20H,17H2,1-2H3,(H,33,36)(H2,34,35,37). The van der Waals surface area contributed by atoms with E-state index in [4.69, 9.17) is 4.74 Å². The van der Waals surface area contributed by atoms with Crippen molar-refractivity contribution < 1.29 is 27.5 Å². The normalized spacial score (nSPS) is 12.9. The predicted octanol–water partition coefficient (Wildman–Crippen LogP) is 6.70. The molecule has 0 spiro atoms. The topological polar surface area (TPSA) is 79.5 Å². The number of rotatable bonds is 7. The molecule has 9 heteroatoms. The SMILES string of the molecule is CNC(=O)c1cccc(Oc2ccc(CNC(=O)Nc3cc(C(F)(F)F)ccc3C3C=CC=C3)cc2C)c1. The molecule has 1 aliphatic carbocycles. The molecule has 0 aliphatic heterocycles. The van der Waals surface area contributed by atoms with E-state index in [0.717, 1.165) is 23.3 Å². The molecule has 3 aromatic rings. The van der Waals surface area contributed by atoms with E-state index in [2.05, 4.69) is 16.0 Å². The zero-order valence-electron chi connectivity index (χ0n) is 20.7. The summed E-state index contributed by atoms with van der Waals surface area (Å²) in [7, 11) is 1.55. The second-order valence-electron chi connectivity index (χ2n) is 8.71. The van der Waals surface area contributed by atoms with Crippen LogP contribution in [-0.2, 0) is 12.7 Å². The maximum Gasteiger partial charge on any atom is 0.416 e. The van der Waals surface area contributed by atoms with Gasteiger partial charge in [0.2, 0.25) is 0 Å². The average Bonchev–Trinajstić information content (AvgIpc) is 3.43. The lowest BCUT2D eigenvalue weighted by Crippen LogP contribution is -2.29. The molecule has 3 aromatic carbocycles. The van der Waals surface area contributed by atoms with Crippen molar-refractivity contribution in [3.05, 3.63) is 113 Å². The van der Waals surface area contributed by atoms with Crippen LogP contribution in [0.5, 0.6) is 11.5 Å². The van der Waals surface area contributed by atoms with Crippen LogP contribution in [-0.4, -0.2) is 19.0 Å². The molecule has 0 radical (unpaired) electrons. The molecule has 0 heterocycles. The summed E-state index contributed by atoms with van der Waals surface area (Å²) in [4.78, 5) is 24.5. The van der Waals surface area contributed by atoms with Gasteiger partial charge in [-0.15, -0.1) is 0 Å². The molecular weight excluding hydrogens is 495 g/mol.